The first-order chi connectivity index (χ1) is 6.70. The lowest BCUT2D eigenvalue weighted by atomic mass is 9.81. The van der Waals surface area contributed by atoms with Crippen molar-refractivity contribution in [3.63, 3.8) is 0 Å². The molecule has 3 heteroatoms. The molecule has 1 aromatic rings. The van der Waals surface area contributed by atoms with Gasteiger partial charge in [0.05, 0.1) is 0 Å². The zero-order valence-electron chi connectivity index (χ0n) is 8.09. The van der Waals surface area contributed by atoms with Crippen molar-refractivity contribution in [3.8, 4) is 0 Å². The smallest absolute Gasteiger partial charge is 0.423 e. The first-order valence-corrected chi connectivity index (χ1v) is 4.46. The molecule has 0 atom stereocenters. The number of rotatable bonds is 1. The fraction of sp³-hybridized carbons (Fsp3) is 0.0909. The maximum Gasteiger partial charge on any atom is 0.488 e. The molecule has 0 saturated heterocycles. The Morgan fingerprint density at radius 1 is 0.857 bits per heavy atom. The Morgan fingerprint density at radius 2 is 1.43 bits per heavy atom. The van der Waals surface area contributed by atoms with Crippen molar-refractivity contribution in [2.45, 2.75) is 6.92 Å². The van der Waals surface area contributed by atoms with Crippen LogP contribution in [-0.2, 0) is 0 Å². The van der Waals surface area contributed by atoms with Gasteiger partial charge in [-0.15, -0.1) is 0 Å². The Morgan fingerprint density at radius 3 is 2.14 bits per heavy atom. The van der Waals surface area contributed by atoms with Crippen LogP contribution in [0.25, 0.3) is 0 Å². The second-order valence-electron chi connectivity index (χ2n) is 3.05. The summed E-state index contributed by atoms with van der Waals surface area (Å²) in [5.74, 6) is 0. The quantitative estimate of drug-likeness (QED) is 0.640. The molecule has 0 aliphatic heterocycles. The molecular weight excluding hydrogens is 175 g/mol. The summed E-state index contributed by atoms with van der Waals surface area (Å²) in [6.07, 6.45) is 0. The largest absolute Gasteiger partial charge is 0.488 e. The molecule has 1 rings (SSSR count). The summed E-state index contributed by atoms with van der Waals surface area (Å²) in [4.78, 5) is 0. The minimum absolute atomic E-state index is 0.473. The van der Waals surface area contributed by atoms with Gasteiger partial charge in [0.15, 0.2) is 0 Å². The van der Waals surface area contributed by atoms with Crippen molar-refractivity contribution in [1.82, 2.24) is 0 Å². The lowest BCUT2D eigenvalue weighted by Gasteiger charge is -1.93. The highest BCUT2D eigenvalue weighted by Gasteiger charge is 2.06. The number of hydrogen-bond donors (Lipinski definition) is 2. The maximum absolute atomic E-state index is 8.99. The normalized spacial score (nSPS) is 9.07. The molecule has 0 radical (unpaired) electrons. The summed E-state index contributed by atoms with van der Waals surface area (Å²) in [6, 6.07) is 14.6. The van der Waals surface area contributed by atoms with Crippen LogP contribution in [0.3, 0.4) is 0 Å². The third-order valence-electron chi connectivity index (χ3n) is 1.82. The van der Waals surface area contributed by atoms with Crippen LogP contribution in [0.5, 0.6) is 0 Å². The third kappa shape index (κ3) is 3.60. The van der Waals surface area contributed by atoms with E-state index in [-0.39, 0.29) is 0 Å². The molecule has 0 spiro atoms. The Labute approximate surface area is 84.3 Å². The van der Waals surface area contributed by atoms with Gasteiger partial charge in [-0.25, -0.2) is 0 Å². The molecule has 1 aromatic carbocycles. The average molecular weight is 188 g/mol. The highest BCUT2D eigenvalue weighted by Crippen LogP contribution is 1.90. The first kappa shape index (κ1) is 10.8. The predicted molar refractivity (Wildman–Crippen MR) is 58.6 cm³/mol. The van der Waals surface area contributed by atoms with E-state index in [1.807, 2.05) is 31.2 Å². The van der Waals surface area contributed by atoms with Gasteiger partial charge in [0, 0.05) is 0 Å². The van der Waals surface area contributed by atoms with E-state index < -0.39 is 7.12 Å². The molecule has 2 nitrogen and oxygen atoms in total. The SMILES string of the molecule is Cc1cccccc(B(O)O)ccc1. The Balaban J connectivity index is 3.19. The molecule has 0 unspecified atom stereocenters. The van der Waals surface area contributed by atoms with Crippen LogP contribution in [0.2, 0.25) is 0 Å². The van der Waals surface area contributed by atoms with E-state index in [2.05, 4.69) is 0 Å². The molecule has 0 aliphatic carbocycles. The summed E-state index contributed by atoms with van der Waals surface area (Å²) in [6.45, 7) is 1.98. The number of aryl methyl sites for hydroxylation is 1. The van der Waals surface area contributed by atoms with Crippen LogP contribution >= 0.6 is 0 Å². The molecule has 0 bridgehead atoms. The fourth-order valence-corrected chi connectivity index (χ4v) is 1.03. The van der Waals surface area contributed by atoms with E-state index in [4.69, 9.17) is 10.0 Å². The van der Waals surface area contributed by atoms with Crippen molar-refractivity contribution < 1.29 is 10.0 Å². The molecule has 0 fully saturated rings. The van der Waals surface area contributed by atoms with Crippen LogP contribution in [0.4, 0.5) is 0 Å². The van der Waals surface area contributed by atoms with Gasteiger partial charge in [0.2, 0.25) is 0 Å². The Kier molecular flexibility index (Phi) is 4.17. The molecule has 0 aromatic heterocycles. The molecule has 2 N–H and O–H groups in total. The van der Waals surface area contributed by atoms with Gasteiger partial charge >= 0.3 is 7.12 Å². The molecule has 0 aliphatic rings. The van der Waals surface area contributed by atoms with Crippen LogP contribution in [0.15, 0.2) is 48.5 Å². The lowest BCUT2D eigenvalue weighted by Crippen LogP contribution is -2.28. The van der Waals surface area contributed by atoms with Crippen LogP contribution in [-0.4, -0.2) is 17.2 Å². The number of hydrogen-bond acceptors (Lipinski definition) is 2. The van der Waals surface area contributed by atoms with Crippen LogP contribution in [0, 0.1) is 6.92 Å². The Hall–Kier alpha value is -1.32. The van der Waals surface area contributed by atoms with E-state index >= 15 is 0 Å². The van der Waals surface area contributed by atoms with Crippen molar-refractivity contribution in [3.05, 3.63) is 54.1 Å². The average Bonchev–Trinajstić information content (AvgIpc) is 2.15. The molecule has 0 heterocycles. The monoisotopic (exact) mass is 188 g/mol. The van der Waals surface area contributed by atoms with E-state index in [0.717, 1.165) is 5.56 Å². The molecule has 0 saturated carbocycles. The minimum Gasteiger partial charge on any atom is -0.423 e. The van der Waals surface area contributed by atoms with Gasteiger partial charge in [0.1, 0.15) is 0 Å². The van der Waals surface area contributed by atoms with Crippen LogP contribution in [0.1, 0.15) is 5.56 Å². The van der Waals surface area contributed by atoms with Crippen LogP contribution < -0.4 is 5.46 Å². The second kappa shape index (κ2) is 5.42. The van der Waals surface area contributed by atoms with Crippen molar-refractivity contribution in [1.29, 1.82) is 0 Å². The summed E-state index contributed by atoms with van der Waals surface area (Å²) in [5, 5.41) is 18.0. The summed E-state index contributed by atoms with van der Waals surface area (Å²) in [5.41, 5.74) is 1.58. The van der Waals surface area contributed by atoms with Crippen molar-refractivity contribution in [2.24, 2.45) is 0 Å². The van der Waals surface area contributed by atoms with E-state index in [9.17, 15) is 0 Å². The van der Waals surface area contributed by atoms with Gasteiger partial charge in [-0.1, -0.05) is 54.1 Å². The summed E-state index contributed by atoms with van der Waals surface area (Å²) in [7, 11) is -1.42. The zero-order valence-corrected chi connectivity index (χ0v) is 8.09. The topological polar surface area (TPSA) is 40.5 Å². The van der Waals surface area contributed by atoms with Gasteiger partial charge in [-0.2, -0.15) is 0 Å². The Bertz CT molecular complexity index is 349. The van der Waals surface area contributed by atoms with E-state index in [1.54, 1.807) is 24.3 Å². The summed E-state index contributed by atoms with van der Waals surface area (Å²) < 4.78 is 0. The van der Waals surface area contributed by atoms with Crippen molar-refractivity contribution >= 4 is 12.6 Å². The highest BCUT2D eigenvalue weighted by molar-refractivity contribution is 6.58. The van der Waals surface area contributed by atoms with E-state index in [0.29, 0.717) is 5.46 Å². The van der Waals surface area contributed by atoms with Crippen molar-refractivity contribution in [2.75, 3.05) is 0 Å². The second-order valence-corrected chi connectivity index (χ2v) is 3.05. The van der Waals surface area contributed by atoms with Gasteiger partial charge < -0.3 is 10.0 Å². The predicted octanol–water partition coefficient (Wildman–Crippen LogP) is 0.799. The van der Waals surface area contributed by atoms with Gasteiger partial charge in [0.25, 0.3) is 0 Å². The standard InChI is InChI=1S/C11H13BO2/c1-10-6-3-2-4-8-11(12(13)14)9-5-7-10/h2-9,13-14H,1H3. The molecule has 14 heavy (non-hydrogen) atoms. The maximum atomic E-state index is 8.99. The fourth-order valence-electron chi connectivity index (χ4n) is 1.03. The molecule has 0 amide bonds. The van der Waals surface area contributed by atoms with E-state index in [1.165, 1.54) is 0 Å². The molecular formula is C11H13BO2. The summed E-state index contributed by atoms with van der Waals surface area (Å²) >= 11 is 0. The van der Waals surface area contributed by atoms with Gasteiger partial charge in [-0.3, -0.25) is 0 Å². The molecule has 72 valence electrons. The lowest BCUT2D eigenvalue weighted by molar-refractivity contribution is 0.426. The minimum atomic E-state index is -1.42. The third-order valence-corrected chi connectivity index (χ3v) is 1.82. The zero-order chi connectivity index (χ0) is 10.4. The van der Waals surface area contributed by atoms with Gasteiger partial charge in [-0.05, 0) is 12.4 Å². The highest BCUT2D eigenvalue weighted by atomic mass is 16.4. The first-order valence-electron chi connectivity index (χ1n) is 4.46.